The average molecular weight is 363 g/mol. The van der Waals surface area contributed by atoms with Crippen LogP contribution in [0.2, 0.25) is 0 Å². The van der Waals surface area contributed by atoms with Crippen molar-refractivity contribution < 1.29 is 19.1 Å². The molecule has 1 amide bonds. The lowest BCUT2D eigenvalue weighted by molar-refractivity contribution is -0.119. The van der Waals surface area contributed by atoms with E-state index in [9.17, 15) is 9.59 Å². The molecule has 0 aliphatic rings. The Labute approximate surface area is 157 Å². The van der Waals surface area contributed by atoms with Crippen LogP contribution < -0.4 is 10.1 Å². The van der Waals surface area contributed by atoms with Gasteiger partial charge in [0.25, 0.3) is 5.91 Å². The third-order valence-electron chi connectivity index (χ3n) is 4.28. The van der Waals surface area contributed by atoms with Crippen LogP contribution in [-0.2, 0) is 9.53 Å². The SMILES string of the molecule is COc1cc2ccccc2cc1C(=O)OCC(=O)Nc1ccc(C)cc1C. The predicted molar refractivity (Wildman–Crippen MR) is 105 cm³/mol. The number of benzene rings is 3. The number of carbonyl (C=O) groups is 2. The number of fused-ring (bicyclic) bond motifs is 1. The van der Waals surface area contributed by atoms with Crippen molar-refractivity contribution in [3.63, 3.8) is 0 Å². The van der Waals surface area contributed by atoms with E-state index in [1.165, 1.54) is 7.11 Å². The van der Waals surface area contributed by atoms with E-state index < -0.39 is 11.9 Å². The van der Waals surface area contributed by atoms with Gasteiger partial charge in [-0.15, -0.1) is 0 Å². The topological polar surface area (TPSA) is 64.6 Å². The van der Waals surface area contributed by atoms with Gasteiger partial charge in [0.1, 0.15) is 11.3 Å². The summed E-state index contributed by atoms with van der Waals surface area (Å²) in [5, 5.41) is 4.61. The molecule has 0 radical (unpaired) electrons. The van der Waals surface area contributed by atoms with Gasteiger partial charge in [-0.05, 0) is 48.4 Å². The lowest BCUT2D eigenvalue weighted by Crippen LogP contribution is -2.21. The maximum Gasteiger partial charge on any atom is 0.342 e. The summed E-state index contributed by atoms with van der Waals surface area (Å²) in [6, 6.07) is 16.8. The minimum Gasteiger partial charge on any atom is -0.496 e. The molecule has 5 heteroatoms. The van der Waals surface area contributed by atoms with Gasteiger partial charge in [-0.3, -0.25) is 4.79 Å². The van der Waals surface area contributed by atoms with Gasteiger partial charge in [0.15, 0.2) is 6.61 Å². The van der Waals surface area contributed by atoms with E-state index in [1.54, 1.807) is 12.1 Å². The van der Waals surface area contributed by atoms with Crippen molar-refractivity contribution in [1.82, 2.24) is 0 Å². The number of nitrogens with one attached hydrogen (secondary N) is 1. The van der Waals surface area contributed by atoms with Crippen LogP contribution in [0.25, 0.3) is 10.8 Å². The number of anilines is 1. The molecule has 1 N–H and O–H groups in total. The highest BCUT2D eigenvalue weighted by atomic mass is 16.5. The van der Waals surface area contributed by atoms with Crippen molar-refractivity contribution in [2.75, 3.05) is 19.0 Å². The predicted octanol–water partition coefficient (Wildman–Crippen LogP) is 4.26. The van der Waals surface area contributed by atoms with Crippen LogP contribution in [0.1, 0.15) is 21.5 Å². The Hall–Kier alpha value is -3.34. The molecule has 0 aliphatic carbocycles. The fourth-order valence-corrected chi connectivity index (χ4v) is 2.90. The number of aryl methyl sites for hydroxylation is 2. The van der Waals surface area contributed by atoms with Crippen LogP contribution in [0.3, 0.4) is 0 Å². The van der Waals surface area contributed by atoms with Crippen molar-refractivity contribution in [1.29, 1.82) is 0 Å². The van der Waals surface area contributed by atoms with Gasteiger partial charge in [-0.25, -0.2) is 4.79 Å². The number of carbonyl (C=O) groups excluding carboxylic acids is 2. The number of amides is 1. The van der Waals surface area contributed by atoms with Gasteiger partial charge < -0.3 is 14.8 Å². The summed E-state index contributed by atoms with van der Waals surface area (Å²) in [7, 11) is 1.49. The Morgan fingerprint density at radius 1 is 0.963 bits per heavy atom. The van der Waals surface area contributed by atoms with Crippen molar-refractivity contribution in [3.05, 3.63) is 71.3 Å². The maximum absolute atomic E-state index is 12.5. The molecule has 0 aromatic heterocycles. The molecule has 3 rings (SSSR count). The second-order valence-electron chi connectivity index (χ2n) is 6.34. The van der Waals surface area contributed by atoms with Crippen LogP contribution in [0.5, 0.6) is 5.75 Å². The number of methoxy groups -OCH3 is 1. The molecule has 0 unspecified atom stereocenters. The van der Waals surface area contributed by atoms with Crippen molar-refractivity contribution in [3.8, 4) is 5.75 Å². The molecule has 0 atom stereocenters. The molecule has 0 spiro atoms. The largest absolute Gasteiger partial charge is 0.496 e. The van der Waals surface area contributed by atoms with Crippen LogP contribution in [0, 0.1) is 13.8 Å². The molecule has 27 heavy (non-hydrogen) atoms. The van der Waals surface area contributed by atoms with E-state index >= 15 is 0 Å². The number of hydrogen-bond acceptors (Lipinski definition) is 4. The highest BCUT2D eigenvalue weighted by molar-refractivity contribution is 6.00. The first kappa shape index (κ1) is 18.5. The number of rotatable bonds is 5. The van der Waals surface area contributed by atoms with Crippen molar-refractivity contribution in [2.24, 2.45) is 0 Å². The van der Waals surface area contributed by atoms with E-state index in [2.05, 4.69) is 5.32 Å². The second kappa shape index (κ2) is 7.91. The molecule has 0 saturated heterocycles. The first-order valence-corrected chi connectivity index (χ1v) is 8.59. The number of esters is 1. The third-order valence-corrected chi connectivity index (χ3v) is 4.28. The van der Waals surface area contributed by atoms with E-state index in [-0.39, 0.29) is 12.2 Å². The van der Waals surface area contributed by atoms with Crippen molar-refractivity contribution in [2.45, 2.75) is 13.8 Å². The van der Waals surface area contributed by atoms with Gasteiger partial charge in [0.2, 0.25) is 0 Å². The van der Waals surface area contributed by atoms with Gasteiger partial charge in [-0.2, -0.15) is 0 Å². The van der Waals surface area contributed by atoms with Crippen molar-refractivity contribution >= 4 is 28.3 Å². The average Bonchev–Trinajstić information content (AvgIpc) is 2.67. The zero-order valence-corrected chi connectivity index (χ0v) is 15.5. The minimum atomic E-state index is -0.603. The minimum absolute atomic E-state index is 0.288. The Kier molecular flexibility index (Phi) is 5.41. The first-order valence-electron chi connectivity index (χ1n) is 8.59. The fourth-order valence-electron chi connectivity index (χ4n) is 2.90. The second-order valence-corrected chi connectivity index (χ2v) is 6.34. The summed E-state index contributed by atoms with van der Waals surface area (Å²) in [5.41, 5.74) is 3.05. The van der Waals surface area contributed by atoms with Gasteiger partial charge in [-0.1, -0.05) is 42.0 Å². The molecule has 5 nitrogen and oxygen atoms in total. The lowest BCUT2D eigenvalue weighted by atomic mass is 10.1. The van der Waals surface area contributed by atoms with E-state index in [0.717, 1.165) is 21.9 Å². The molecule has 138 valence electrons. The zero-order valence-electron chi connectivity index (χ0n) is 15.5. The van der Waals surface area contributed by atoms with E-state index in [0.29, 0.717) is 11.4 Å². The zero-order chi connectivity index (χ0) is 19.4. The monoisotopic (exact) mass is 363 g/mol. The normalized spacial score (nSPS) is 10.5. The Morgan fingerprint density at radius 3 is 2.33 bits per heavy atom. The molecule has 0 saturated carbocycles. The highest BCUT2D eigenvalue weighted by Gasteiger charge is 2.17. The van der Waals surface area contributed by atoms with Gasteiger partial charge >= 0.3 is 5.97 Å². The fraction of sp³-hybridized carbons (Fsp3) is 0.182. The molecule has 0 aliphatic heterocycles. The summed E-state index contributed by atoms with van der Waals surface area (Å²) in [5.74, 6) is -0.586. The van der Waals surface area contributed by atoms with Crippen LogP contribution >= 0.6 is 0 Å². The van der Waals surface area contributed by atoms with Crippen LogP contribution in [-0.4, -0.2) is 25.6 Å². The molecule has 3 aromatic rings. The summed E-state index contributed by atoms with van der Waals surface area (Å²) in [4.78, 5) is 24.6. The van der Waals surface area contributed by atoms with Gasteiger partial charge in [0.05, 0.1) is 7.11 Å². The lowest BCUT2D eigenvalue weighted by Gasteiger charge is -2.12. The standard InChI is InChI=1S/C22H21NO4/c1-14-8-9-19(15(2)10-14)23-21(24)13-27-22(25)18-11-16-6-4-5-7-17(16)12-20(18)26-3/h4-12H,13H2,1-3H3,(H,23,24). The van der Waals surface area contributed by atoms with E-state index in [1.807, 2.05) is 56.3 Å². The maximum atomic E-state index is 12.5. The Balaban J connectivity index is 1.70. The molecular weight excluding hydrogens is 342 g/mol. The van der Waals surface area contributed by atoms with E-state index in [4.69, 9.17) is 9.47 Å². The molecule has 0 heterocycles. The van der Waals surface area contributed by atoms with Crippen LogP contribution in [0.4, 0.5) is 5.69 Å². The smallest absolute Gasteiger partial charge is 0.342 e. The van der Waals surface area contributed by atoms with Crippen LogP contribution in [0.15, 0.2) is 54.6 Å². The molecule has 0 bridgehead atoms. The molecule has 3 aromatic carbocycles. The quantitative estimate of drug-likeness (QED) is 0.688. The number of hydrogen-bond donors (Lipinski definition) is 1. The molecule has 0 fully saturated rings. The molecular formula is C22H21NO4. The summed E-state index contributed by atoms with van der Waals surface area (Å²) in [6.07, 6.45) is 0. The summed E-state index contributed by atoms with van der Waals surface area (Å²) >= 11 is 0. The number of ether oxygens (including phenoxy) is 2. The Bertz CT molecular complexity index is 1010. The summed E-state index contributed by atoms with van der Waals surface area (Å²) in [6.45, 7) is 3.52. The first-order chi connectivity index (χ1) is 13.0. The third kappa shape index (κ3) is 4.26. The summed E-state index contributed by atoms with van der Waals surface area (Å²) < 4.78 is 10.5. The van der Waals surface area contributed by atoms with Gasteiger partial charge in [0, 0.05) is 5.69 Å². The highest BCUT2D eigenvalue weighted by Crippen LogP contribution is 2.26. The Morgan fingerprint density at radius 2 is 1.67 bits per heavy atom.